The number of nitrogens with one attached hydrogen (secondary N) is 1. The quantitative estimate of drug-likeness (QED) is 0.583. The molecule has 0 spiro atoms. The molecule has 4 nitrogen and oxygen atoms in total. The number of carbonyl (C=O) groups is 1. The third kappa shape index (κ3) is 2.90. The predicted octanol–water partition coefficient (Wildman–Crippen LogP) is 3.36. The summed E-state index contributed by atoms with van der Waals surface area (Å²) in [4.78, 5) is 15.1. The number of aromatic nitrogens is 1. The molecule has 0 saturated carbocycles. The molecular formula is C19H15NO3. The molecule has 1 aromatic heterocycles. The first-order chi connectivity index (χ1) is 11.2. The third-order valence-electron chi connectivity index (χ3n) is 3.50. The molecule has 0 aliphatic rings. The average molecular weight is 305 g/mol. The van der Waals surface area contributed by atoms with Crippen molar-refractivity contribution < 1.29 is 14.3 Å². The van der Waals surface area contributed by atoms with Gasteiger partial charge < -0.3 is 14.5 Å². The van der Waals surface area contributed by atoms with Gasteiger partial charge >= 0.3 is 5.97 Å². The predicted molar refractivity (Wildman–Crippen MR) is 88.6 cm³/mol. The number of ether oxygens (including phenoxy) is 2. The Bertz CT molecular complexity index is 914. The Balaban J connectivity index is 2.19. The summed E-state index contributed by atoms with van der Waals surface area (Å²) in [6, 6.07) is 15.1. The number of carbonyl (C=O) groups excluding carboxylic acids is 1. The average Bonchev–Trinajstić information content (AvgIpc) is 2.97. The van der Waals surface area contributed by atoms with E-state index in [1.54, 1.807) is 7.11 Å². The molecule has 0 fully saturated rings. The van der Waals surface area contributed by atoms with Crippen molar-refractivity contribution in [1.29, 1.82) is 0 Å². The van der Waals surface area contributed by atoms with Gasteiger partial charge in [0.15, 0.2) is 0 Å². The van der Waals surface area contributed by atoms with E-state index in [1.807, 2.05) is 48.5 Å². The van der Waals surface area contributed by atoms with Gasteiger partial charge in [-0.25, -0.2) is 4.79 Å². The van der Waals surface area contributed by atoms with E-state index in [2.05, 4.69) is 16.8 Å². The van der Waals surface area contributed by atoms with Crippen LogP contribution in [0.3, 0.4) is 0 Å². The highest BCUT2D eigenvalue weighted by atomic mass is 16.5. The number of methoxy groups -OCH3 is 2. The number of benzene rings is 2. The number of esters is 1. The number of fused-ring (bicyclic) bond motifs is 1. The van der Waals surface area contributed by atoms with Gasteiger partial charge in [0.05, 0.1) is 19.8 Å². The van der Waals surface area contributed by atoms with Crippen molar-refractivity contribution in [2.75, 3.05) is 14.2 Å². The molecule has 114 valence electrons. The van der Waals surface area contributed by atoms with Gasteiger partial charge in [0.25, 0.3) is 0 Å². The normalized spacial score (nSPS) is 10.0. The standard InChI is InChI=1S/C19H15NO3/c1-22-14-9-11-17-16(12-14)15(18(20-17)19(21)23-2)10-8-13-6-4-3-5-7-13/h3-7,9,11-12,20H,1-2H3. The highest BCUT2D eigenvalue weighted by Gasteiger charge is 2.17. The van der Waals surface area contributed by atoms with Crippen molar-refractivity contribution in [3.8, 4) is 17.6 Å². The number of H-pyrrole nitrogens is 1. The molecule has 0 atom stereocenters. The van der Waals surface area contributed by atoms with Crippen LogP contribution in [0.15, 0.2) is 48.5 Å². The number of rotatable bonds is 2. The smallest absolute Gasteiger partial charge is 0.355 e. The summed E-state index contributed by atoms with van der Waals surface area (Å²) in [5, 5.41) is 0.827. The Hall–Kier alpha value is -3.19. The van der Waals surface area contributed by atoms with Crippen LogP contribution in [0.4, 0.5) is 0 Å². The number of hydrogen-bond acceptors (Lipinski definition) is 3. The van der Waals surface area contributed by atoms with Gasteiger partial charge in [0, 0.05) is 16.5 Å². The molecule has 2 aromatic carbocycles. The molecule has 23 heavy (non-hydrogen) atoms. The molecule has 1 N–H and O–H groups in total. The third-order valence-corrected chi connectivity index (χ3v) is 3.50. The molecule has 0 bridgehead atoms. The lowest BCUT2D eigenvalue weighted by Gasteiger charge is -1.99. The minimum absolute atomic E-state index is 0.346. The van der Waals surface area contributed by atoms with Crippen LogP contribution in [0.2, 0.25) is 0 Å². The van der Waals surface area contributed by atoms with Gasteiger partial charge in [-0.1, -0.05) is 30.0 Å². The van der Waals surface area contributed by atoms with Crippen molar-refractivity contribution in [3.05, 3.63) is 65.4 Å². The van der Waals surface area contributed by atoms with Gasteiger partial charge in [-0.3, -0.25) is 0 Å². The van der Waals surface area contributed by atoms with Crippen molar-refractivity contribution in [1.82, 2.24) is 4.98 Å². The Morgan fingerprint density at radius 2 is 1.83 bits per heavy atom. The van der Waals surface area contributed by atoms with E-state index < -0.39 is 5.97 Å². The maximum atomic E-state index is 12.0. The van der Waals surface area contributed by atoms with Crippen LogP contribution < -0.4 is 4.74 Å². The minimum Gasteiger partial charge on any atom is -0.497 e. The van der Waals surface area contributed by atoms with Crippen LogP contribution in [0.25, 0.3) is 10.9 Å². The van der Waals surface area contributed by atoms with Crippen LogP contribution >= 0.6 is 0 Å². The van der Waals surface area contributed by atoms with Gasteiger partial charge in [0.2, 0.25) is 0 Å². The maximum absolute atomic E-state index is 12.0. The molecule has 0 aliphatic carbocycles. The highest BCUT2D eigenvalue weighted by Crippen LogP contribution is 2.26. The lowest BCUT2D eigenvalue weighted by atomic mass is 10.1. The molecule has 4 heteroatoms. The van der Waals surface area contributed by atoms with E-state index in [1.165, 1.54) is 7.11 Å². The summed E-state index contributed by atoms with van der Waals surface area (Å²) in [5.74, 6) is 6.42. The van der Waals surface area contributed by atoms with Gasteiger partial charge in [0.1, 0.15) is 11.4 Å². The van der Waals surface area contributed by atoms with E-state index in [-0.39, 0.29) is 0 Å². The summed E-state index contributed by atoms with van der Waals surface area (Å²) in [7, 11) is 2.95. The molecule has 0 saturated heterocycles. The van der Waals surface area contributed by atoms with Crippen molar-refractivity contribution in [2.24, 2.45) is 0 Å². The number of hydrogen-bond donors (Lipinski definition) is 1. The van der Waals surface area contributed by atoms with E-state index in [0.29, 0.717) is 17.0 Å². The summed E-state index contributed by atoms with van der Waals surface area (Å²) in [5.41, 5.74) is 2.64. The second-order valence-corrected chi connectivity index (χ2v) is 4.89. The zero-order valence-electron chi connectivity index (χ0n) is 12.8. The lowest BCUT2D eigenvalue weighted by molar-refractivity contribution is 0.0595. The molecular weight excluding hydrogens is 290 g/mol. The van der Waals surface area contributed by atoms with Crippen LogP contribution in [0, 0.1) is 11.8 Å². The Morgan fingerprint density at radius 3 is 2.52 bits per heavy atom. The lowest BCUT2D eigenvalue weighted by Crippen LogP contribution is -2.03. The minimum atomic E-state index is -0.447. The summed E-state index contributed by atoms with van der Waals surface area (Å²) >= 11 is 0. The number of aromatic amines is 1. The summed E-state index contributed by atoms with van der Waals surface area (Å²) in [6.07, 6.45) is 0. The van der Waals surface area contributed by atoms with Crippen molar-refractivity contribution in [3.63, 3.8) is 0 Å². The van der Waals surface area contributed by atoms with E-state index in [0.717, 1.165) is 16.5 Å². The monoisotopic (exact) mass is 305 g/mol. The van der Waals surface area contributed by atoms with Gasteiger partial charge in [-0.15, -0.1) is 0 Å². The van der Waals surface area contributed by atoms with Crippen LogP contribution in [-0.4, -0.2) is 25.2 Å². The highest BCUT2D eigenvalue weighted by molar-refractivity contribution is 6.01. The van der Waals surface area contributed by atoms with E-state index >= 15 is 0 Å². The zero-order valence-corrected chi connectivity index (χ0v) is 12.8. The zero-order chi connectivity index (χ0) is 16.2. The first-order valence-corrected chi connectivity index (χ1v) is 7.08. The fourth-order valence-corrected chi connectivity index (χ4v) is 2.34. The molecule has 0 aliphatic heterocycles. The van der Waals surface area contributed by atoms with Crippen LogP contribution in [-0.2, 0) is 4.74 Å². The molecule has 0 unspecified atom stereocenters. The van der Waals surface area contributed by atoms with Gasteiger partial charge in [-0.2, -0.15) is 0 Å². The van der Waals surface area contributed by atoms with Crippen molar-refractivity contribution in [2.45, 2.75) is 0 Å². The first kappa shape index (κ1) is 14.7. The Labute approximate surface area is 134 Å². The summed E-state index contributed by atoms with van der Waals surface area (Å²) < 4.78 is 10.1. The maximum Gasteiger partial charge on any atom is 0.355 e. The molecule has 1 heterocycles. The molecule has 3 aromatic rings. The van der Waals surface area contributed by atoms with Crippen LogP contribution in [0.5, 0.6) is 5.75 Å². The van der Waals surface area contributed by atoms with Crippen molar-refractivity contribution >= 4 is 16.9 Å². The molecule has 0 amide bonds. The largest absolute Gasteiger partial charge is 0.497 e. The first-order valence-electron chi connectivity index (χ1n) is 7.08. The molecule has 0 radical (unpaired) electrons. The SMILES string of the molecule is COC(=O)c1[nH]c2ccc(OC)cc2c1C#Cc1ccccc1. The second-order valence-electron chi connectivity index (χ2n) is 4.89. The summed E-state index contributed by atoms with van der Waals surface area (Å²) in [6.45, 7) is 0. The Morgan fingerprint density at radius 1 is 1.04 bits per heavy atom. The van der Waals surface area contributed by atoms with E-state index in [9.17, 15) is 4.79 Å². The van der Waals surface area contributed by atoms with E-state index in [4.69, 9.17) is 9.47 Å². The van der Waals surface area contributed by atoms with Gasteiger partial charge in [-0.05, 0) is 30.3 Å². The Kier molecular flexibility index (Phi) is 4.03. The second kappa shape index (κ2) is 6.29. The fourth-order valence-electron chi connectivity index (χ4n) is 2.34. The fraction of sp³-hybridized carbons (Fsp3) is 0.105. The van der Waals surface area contributed by atoms with Crippen LogP contribution in [0.1, 0.15) is 21.6 Å². The molecule has 3 rings (SSSR count). The topological polar surface area (TPSA) is 51.3 Å².